The van der Waals surface area contributed by atoms with Crippen LogP contribution in [0.5, 0.6) is 0 Å². The molecule has 2 unspecified atom stereocenters. The lowest BCUT2D eigenvalue weighted by molar-refractivity contribution is 0.256. The van der Waals surface area contributed by atoms with E-state index in [0.717, 1.165) is 37.3 Å². The van der Waals surface area contributed by atoms with Crippen molar-refractivity contribution in [2.45, 2.75) is 46.0 Å². The summed E-state index contributed by atoms with van der Waals surface area (Å²) in [7, 11) is 1.84. The van der Waals surface area contributed by atoms with Gasteiger partial charge in [-0.1, -0.05) is 33.1 Å². The minimum atomic E-state index is 0. The van der Waals surface area contributed by atoms with E-state index in [-0.39, 0.29) is 24.0 Å². The van der Waals surface area contributed by atoms with Crippen LogP contribution in [0.15, 0.2) is 4.99 Å². The van der Waals surface area contributed by atoms with Crippen LogP contribution in [0.1, 0.15) is 46.0 Å². The monoisotopic (exact) mass is 353 g/mol. The van der Waals surface area contributed by atoms with Gasteiger partial charge in [-0.2, -0.15) is 0 Å². The molecule has 1 rings (SSSR count). The van der Waals surface area contributed by atoms with Crippen LogP contribution < -0.4 is 10.6 Å². The summed E-state index contributed by atoms with van der Waals surface area (Å²) in [5.74, 6) is 2.65. The van der Waals surface area contributed by atoms with Crippen molar-refractivity contribution in [2.24, 2.45) is 16.8 Å². The van der Waals surface area contributed by atoms with Gasteiger partial charge in [0.1, 0.15) is 0 Å². The number of nitrogens with one attached hydrogen (secondary N) is 2. The molecule has 0 aromatic heterocycles. The molecule has 0 aromatic rings. The zero-order chi connectivity index (χ0) is 11.8. The summed E-state index contributed by atoms with van der Waals surface area (Å²) in [6.45, 7) is 6.63. The topological polar surface area (TPSA) is 36.4 Å². The molecule has 2 atom stereocenters. The van der Waals surface area contributed by atoms with Gasteiger partial charge in [0.2, 0.25) is 0 Å². The van der Waals surface area contributed by atoms with Gasteiger partial charge in [-0.05, 0) is 24.7 Å². The highest BCUT2D eigenvalue weighted by Gasteiger charge is 2.20. The zero-order valence-corrected chi connectivity index (χ0v) is 13.8. The van der Waals surface area contributed by atoms with Gasteiger partial charge in [-0.25, -0.2) is 0 Å². The van der Waals surface area contributed by atoms with Crippen LogP contribution >= 0.6 is 24.0 Å². The van der Waals surface area contributed by atoms with Crippen LogP contribution in [0.3, 0.4) is 0 Å². The van der Waals surface area contributed by atoms with Crippen molar-refractivity contribution in [3.8, 4) is 0 Å². The Hall–Kier alpha value is 0. The summed E-state index contributed by atoms with van der Waals surface area (Å²) in [6.07, 6.45) is 6.73. The minimum Gasteiger partial charge on any atom is -0.356 e. The number of hydrogen-bond acceptors (Lipinski definition) is 1. The van der Waals surface area contributed by atoms with E-state index < -0.39 is 0 Å². The summed E-state index contributed by atoms with van der Waals surface area (Å²) < 4.78 is 0. The van der Waals surface area contributed by atoms with E-state index in [4.69, 9.17) is 0 Å². The quantitative estimate of drug-likeness (QED) is 0.463. The summed E-state index contributed by atoms with van der Waals surface area (Å²) in [5, 5.41) is 6.76. The van der Waals surface area contributed by atoms with Crippen molar-refractivity contribution in [3.63, 3.8) is 0 Å². The van der Waals surface area contributed by atoms with Gasteiger partial charge in [-0.3, -0.25) is 4.99 Å². The van der Waals surface area contributed by atoms with Crippen molar-refractivity contribution >= 4 is 29.9 Å². The summed E-state index contributed by atoms with van der Waals surface area (Å²) in [6, 6.07) is 0. The highest BCUT2D eigenvalue weighted by molar-refractivity contribution is 14.0. The second-order valence-corrected chi connectivity index (χ2v) is 4.90. The van der Waals surface area contributed by atoms with E-state index in [1.165, 1.54) is 25.7 Å². The predicted molar refractivity (Wildman–Crippen MR) is 86.2 cm³/mol. The third-order valence-electron chi connectivity index (χ3n) is 3.59. The molecule has 0 heterocycles. The number of nitrogens with zero attached hydrogens (tertiary/aromatic N) is 1. The van der Waals surface area contributed by atoms with E-state index in [1.54, 1.807) is 0 Å². The van der Waals surface area contributed by atoms with Crippen molar-refractivity contribution < 1.29 is 0 Å². The Morgan fingerprint density at radius 3 is 2.53 bits per heavy atom. The van der Waals surface area contributed by atoms with Crippen molar-refractivity contribution in [1.29, 1.82) is 0 Å². The zero-order valence-electron chi connectivity index (χ0n) is 11.5. The maximum Gasteiger partial charge on any atom is 0.190 e. The number of halogens is 1. The summed E-state index contributed by atoms with van der Waals surface area (Å²) in [4.78, 5) is 4.23. The number of hydrogen-bond donors (Lipinski definition) is 2. The molecule has 4 heteroatoms. The Morgan fingerprint density at radius 2 is 1.94 bits per heavy atom. The number of rotatable bonds is 4. The molecule has 1 aliphatic rings. The van der Waals surface area contributed by atoms with Crippen molar-refractivity contribution in [2.75, 3.05) is 20.1 Å². The van der Waals surface area contributed by atoms with E-state index in [1.807, 2.05) is 7.05 Å². The second-order valence-electron chi connectivity index (χ2n) is 4.90. The molecule has 1 saturated carbocycles. The molecule has 3 nitrogen and oxygen atoms in total. The smallest absolute Gasteiger partial charge is 0.190 e. The molecule has 0 bridgehead atoms. The first-order valence-corrected chi connectivity index (χ1v) is 6.72. The van der Waals surface area contributed by atoms with E-state index >= 15 is 0 Å². The Kier molecular flexibility index (Phi) is 9.97. The minimum absolute atomic E-state index is 0. The first kappa shape index (κ1) is 17.0. The first-order valence-electron chi connectivity index (χ1n) is 6.72. The fourth-order valence-corrected chi connectivity index (χ4v) is 2.39. The Morgan fingerprint density at radius 1 is 1.24 bits per heavy atom. The Balaban J connectivity index is 0.00000256. The number of aliphatic imine (C=N–C) groups is 1. The SMILES string of the molecule is CCCNC(=NC)NCC1CCCCC1C.I. The van der Waals surface area contributed by atoms with Crippen LogP contribution in [-0.2, 0) is 0 Å². The van der Waals surface area contributed by atoms with Gasteiger partial charge in [0.15, 0.2) is 5.96 Å². The first-order chi connectivity index (χ1) is 7.77. The van der Waals surface area contributed by atoms with Crippen LogP contribution in [0.2, 0.25) is 0 Å². The van der Waals surface area contributed by atoms with Gasteiger partial charge in [0, 0.05) is 20.1 Å². The van der Waals surface area contributed by atoms with Gasteiger partial charge >= 0.3 is 0 Å². The second kappa shape index (κ2) is 9.97. The van der Waals surface area contributed by atoms with Crippen LogP contribution in [0.25, 0.3) is 0 Å². The average Bonchev–Trinajstić information content (AvgIpc) is 2.31. The largest absolute Gasteiger partial charge is 0.356 e. The molecule has 0 saturated heterocycles. The highest BCUT2D eigenvalue weighted by Crippen LogP contribution is 2.28. The van der Waals surface area contributed by atoms with Crippen molar-refractivity contribution in [3.05, 3.63) is 0 Å². The molecule has 102 valence electrons. The maximum absolute atomic E-state index is 4.23. The highest BCUT2D eigenvalue weighted by atomic mass is 127. The maximum atomic E-state index is 4.23. The molecule has 0 aromatic carbocycles. The molecule has 1 aliphatic carbocycles. The summed E-state index contributed by atoms with van der Waals surface area (Å²) >= 11 is 0. The fraction of sp³-hybridized carbons (Fsp3) is 0.923. The third kappa shape index (κ3) is 6.48. The Bertz CT molecular complexity index is 219. The normalized spacial score (nSPS) is 25.0. The molecule has 2 N–H and O–H groups in total. The predicted octanol–water partition coefficient (Wildman–Crippen LogP) is 3.01. The molecule has 0 radical (unpaired) electrons. The van der Waals surface area contributed by atoms with Crippen LogP contribution in [0, 0.1) is 11.8 Å². The fourth-order valence-electron chi connectivity index (χ4n) is 2.39. The molecular formula is C13H28IN3. The molecule has 0 spiro atoms. The lowest BCUT2D eigenvalue weighted by Gasteiger charge is -2.29. The molecule has 0 aliphatic heterocycles. The van der Waals surface area contributed by atoms with E-state index in [2.05, 4.69) is 29.5 Å². The Labute approximate surface area is 123 Å². The van der Waals surface area contributed by atoms with Crippen molar-refractivity contribution in [1.82, 2.24) is 10.6 Å². The number of guanidine groups is 1. The van der Waals surface area contributed by atoms with E-state index in [9.17, 15) is 0 Å². The lowest BCUT2D eigenvalue weighted by Crippen LogP contribution is -2.41. The van der Waals surface area contributed by atoms with Gasteiger partial charge < -0.3 is 10.6 Å². The van der Waals surface area contributed by atoms with Crippen LogP contribution in [0.4, 0.5) is 0 Å². The molecule has 0 amide bonds. The van der Waals surface area contributed by atoms with E-state index in [0.29, 0.717) is 0 Å². The standard InChI is InChI=1S/C13H27N3.HI/c1-4-9-15-13(14-3)16-10-12-8-6-5-7-11(12)2;/h11-12H,4-10H2,1-3H3,(H2,14,15,16);1H. The van der Waals surface area contributed by atoms with Gasteiger partial charge in [0.05, 0.1) is 0 Å². The average molecular weight is 353 g/mol. The summed E-state index contributed by atoms with van der Waals surface area (Å²) in [5.41, 5.74) is 0. The molecular weight excluding hydrogens is 325 g/mol. The van der Waals surface area contributed by atoms with Gasteiger partial charge in [-0.15, -0.1) is 24.0 Å². The lowest BCUT2D eigenvalue weighted by atomic mass is 9.80. The third-order valence-corrected chi connectivity index (χ3v) is 3.59. The molecule has 1 fully saturated rings. The molecule has 17 heavy (non-hydrogen) atoms. The van der Waals surface area contributed by atoms with Gasteiger partial charge in [0.25, 0.3) is 0 Å². The van der Waals surface area contributed by atoms with Crippen LogP contribution in [-0.4, -0.2) is 26.1 Å².